The Morgan fingerprint density at radius 1 is 1.50 bits per heavy atom. The van der Waals surface area contributed by atoms with Gasteiger partial charge in [0.2, 0.25) is 0 Å². The summed E-state index contributed by atoms with van der Waals surface area (Å²) in [4.78, 5) is 26.0. The fraction of sp³-hybridized carbons (Fsp3) is 0.500. The molecule has 120 valence electrons. The van der Waals surface area contributed by atoms with Gasteiger partial charge >= 0.3 is 0 Å². The van der Waals surface area contributed by atoms with Crippen molar-refractivity contribution in [2.24, 2.45) is 5.73 Å². The summed E-state index contributed by atoms with van der Waals surface area (Å²) in [5, 5.41) is 2.80. The number of nitrogens with zero attached hydrogens (tertiary/aromatic N) is 1. The van der Waals surface area contributed by atoms with Crippen LogP contribution in [0.25, 0.3) is 0 Å². The molecule has 0 bridgehead atoms. The van der Waals surface area contributed by atoms with Crippen molar-refractivity contribution in [3.63, 3.8) is 0 Å². The first-order valence-corrected chi connectivity index (χ1v) is 7.52. The number of anilines is 1. The van der Waals surface area contributed by atoms with Crippen LogP contribution in [-0.4, -0.2) is 49.1 Å². The van der Waals surface area contributed by atoms with Gasteiger partial charge in [-0.3, -0.25) is 9.59 Å². The Balaban J connectivity index is 2.06. The summed E-state index contributed by atoms with van der Waals surface area (Å²) >= 11 is 0. The average Bonchev–Trinajstić information content (AvgIpc) is 3.07. The minimum absolute atomic E-state index is 0.0439. The maximum atomic E-state index is 12.4. The van der Waals surface area contributed by atoms with Crippen molar-refractivity contribution in [3.05, 3.63) is 29.8 Å². The van der Waals surface area contributed by atoms with E-state index in [2.05, 4.69) is 5.32 Å². The number of ether oxygens (including phenoxy) is 1. The van der Waals surface area contributed by atoms with Gasteiger partial charge in [0.25, 0.3) is 11.8 Å². The fourth-order valence-corrected chi connectivity index (χ4v) is 2.30. The number of rotatable bonds is 5. The Hall–Kier alpha value is -1.92. The van der Waals surface area contributed by atoms with Crippen molar-refractivity contribution in [1.29, 1.82) is 0 Å². The summed E-state index contributed by atoms with van der Waals surface area (Å²) in [5.74, 6) is -0.281. The molecule has 2 rings (SSSR count). The smallest absolute Gasteiger partial charge is 0.253 e. The molecule has 2 amide bonds. The second-order valence-electron chi connectivity index (χ2n) is 5.57. The Bertz CT molecular complexity index is 541. The maximum absolute atomic E-state index is 12.4. The van der Waals surface area contributed by atoms with Gasteiger partial charge in [0.15, 0.2) is 0 Å². The number of benzene rings is 1. The molecule has 0 aromatic heterocycles. The normalized spacial score (nSPS) is 18.8. The van der Waals surface area contributed by atoms with Gasteiger partial charge in [0.05, 0.1) is 0 Å². The van der Waals surface area contributed by atoms with E-state index in [-0.39, 0.29) is 24.0 Å². The number of hydrogen-bond donors (Lipinski definition) is 2. The van der Waals surface area contributed by atoms with Crippen LogP contribution in [0.3, 0.4) is 0 Å². The third kappa shape index (κ3) is 3.84. The average molecular weight is 305 g/mol. The summed E-state index contributed by atoms with van der Waals surface area (Å²) < 4.78 is 5.35. The fourth-order valence-electron chi connectivity index (χ4n) is 2.30. The zero-order valence-electron chi connectivity index (χ0n) is 13.0. The number of amides is 2. The topological polar surface area (TPSA) is 84.7 Å². The van der Waals surface area contributed by atoms with E-state index >= 15 is 0 Å². The van der Waals surface area contributed by atoms with Crippen LogP contribution in [0.1, 0.15) is 30.1 Å². The van der Waals surface area contributed by atoms with Gasteiger partial charge in [-0.2, -0.15) is 0 Å². The summed E-state index contributed by atoms with van der Waals surface area (Å²) in [6, 6.07) is 6.87. The van der Waals surface area contributed by atoms with E-state index in [1.54, 1.807) is 36.2 Å². The van der Waals surface area contributed by atoms with Gasteiger partial charge in [-0.05, 0) is 38.0 Å². The van der Waals surface area contributed by atoms with Crippen LogP contribution in [0.4, 0.5) is 5.69 Å². The van der Waals surface area contributed by atoms with Gasteiger partial charge < -0.3 is 20.7 Å². The molecule has 0 spiro atoms. The Kier molecular flexibility index (Phi) is 5.51. The summed E-state index contributed by atoms with van der Waals surface area (Å²) in [6.07, 6.45) is 1.25. The molecule has 3 N–H and O–H groups in total. The van der Waals surface area contributed by atoms with Gasteiger partial charge in [0.1, 0.15) is 6.10 Å². The van der Waals surface area contributed by atoms with Gasteiger partial charge in [-0.15, -0.1) is 0 Å². The minimum Gasteiger partial charge on any atom is -0.368 e. The first-order valence-electron chi connectivity index (χ1n) is 7.52. The van der Waals surface area contributed by atoms with Gasteiger partial charge in [-0.25, -0.2) is 0 Å². The Morgan fingerprint density at radius 2 is 2.27 bits per heavy atom. The predicted molar refractivity (Wildman–Crippen MR) is 84.7 cm³/mol. The Morgan fingerprint density at radius 3 is 2.91 bits per heavy atom. The van der Waals surface area contributed by atoms with Crippen molar-refractivity contribution in [1.82, 2.24) is 4.90 Å². The van der Waals surface area contributed by atoms with Crippen LogP contribution in [0.5, 0.6) is 0 Å². The number of nitrogens with two attached hydrogens (primary N) is 1. The van der Waals surface area contributed by atoms with E-state index in [4.69, 9.17) is 10.5 Å². The van der Waals surface area contributed by atoms with E-state index in [0.717, 1.165) is 12.8 Å². The summed E-state index contributed by atoms with van der Waals surface area (Å²) in [6.45, 7) is 2.91. The van der Waals surface area contributed by atoms with Crippen LogP contribution in [0.2, 0.25) is 0 Å². The molecular weight excluding hydrogens is 282 g/mol. The maximum Gasteiger partial charge on any atom is 0.253 e. The number of carbonyl (C=O) groups is 2. The summed E-state index contributed by atoms with van der Waals surface area (Å²) in [5.41, 5.74) is 6.71. The molecule has 1 saturated heterocycles. The highest BCUT2D eigenvalue weighted by Crippen LogP contribution is 2.17. The minimum atomic E-state index is -0.390. The van der Waals surface area contributed by atoms with Crippen molar-refractivity contribution < 1.29 is 14.3 Å². The van der Waals surface area contributed by atoms with Crippen molar-refractivity contribution in [2.75, 3.05) is 25.5 Å². The third-order valence-electron chi connectivity index (χ3n) is 3.92. The molecular formula is C16H23N3O3. The van der Waals surface area contributed by atoms with Gasteiger partial charge in [-0.1, -0.05) is 6.07 Å². The number of hydrogen-bond acceptors (Lipinski definition) is 4. The van der Waals surface area contributed by atoms with Crippen molar-refractivity contribution in [3.8, 4) is 0 Å². The molecule has 2 unspecified atom stereocenters. The lowest BCUT2D eigenvalue weighted by atomic mass is 10.1. The highest BCUT2D eigenvalue weighted by atomic mass is 16.5. The quantitative estimate of drug-likeness (QED) is 0.856. The SMILES string of the molecule is CC(CN)N(C)C(=O)c1cccc(NC(=O)C2CCCO2)c1. The monoisotopic (exact) mass is 305 g/mol. The van der Waals surface area contributed by atoms with Crippen LogP contribution >= 0.6 is 0 Å². The van der Waals surface area contributed by atoms with E-state index in [1.165, 1.54) is 0 Å². The standard InChI is InChI=1S/C16H23N3O3/c1-11(10-17)19(2)16(21)12-5-3-6-13(9-12)18-15(20)14-7-4-8-22-14/h3,5-6,9,11,14H,4,7-8,10,17H2,1-2H3,(H,18,20). The molecule has 6 heteroatoms. The third-order valence-corrected chi connectivity index (χ3v) is 3.92. The van der Waals surface area contributed by atoms with Crippen LogP contribution in [-0.2, 0) is 9.53 Å². The zero-order chi connectivity index (χ0) is 16.1. The van der Waals surface area contributed by atoms with Gasteiger partial charge in [0, 0.05) is 37.5 Å². The number of carbonyl (C=O) groups excluding carboxylic acids is 2. The Labute approximate surface area is 130 Å². The second-order valence-corrected chi connectivity index (χ2v) is 5.57. The van der Waals surface area contributed by atoms with Crippen LogP contribution < -0.4 is 11.1 Å². The largest absolute Gasteiger partial charge is 0.368 e. The highest BCUT2D eigenvalue weighted by Gasteiger charge is 2.24. The molecule has 1 heterocycles. The van der Waals surface area contributed by atoms with E-state index in [9.17, 15) is 9.59 Å². The zero-order valence-corrected chi connectivity index (χ0v) is 13.0. The molecule has 6 nitrogen and oxygen atoms in total. The first-order chi connectivity index (χ1) is 10.5. The summed E-state index contributed by atoms with van der Waals surface area (Å²) in [7, 11) is 1.72. The molecule has 1 fully saturated rings. The highest BCUT2D eigenvalue weighted by molar-refractivity contribution is 5.98. The molecule has 0 aliphatic carbocycles. The molecule has 0 radical (unpaired) electrons. The number of likely N-dealkylation sites (N-methyl/N-ethyl adjacent to an activating group) is 1. The molecule has 1 aromatic rings. The van der Waals surface area contributed by atoms with E-state index in [1.807, 2.05) is 6.92 Å². The number of nitrogens with one attached hydrogen (secondary N) is 1. The molecule has 0 saturated carbocycles. The molecule has 1 aliphatic heterocycles. The molecule has 1 aliphatic rings. The van der Waals surface area contributed by atoms with E-state index < -0.39 is 0 Å². The van der Waals surface area contributed by atoms with Crippen molar-refractivity contribution >= 4 is 17.5 Å². The predicted octanol–water partition coefficient (Wildman–Crippen LogP) is 1.22. The molecule has 22 heavy (non-hydrogen) atoms. The lowest BCUT2D eigenvalue weighted by Gasteiger charge is -2.23. The first kappa shape index (κ1) is 16.5. The van der Waals surface area contributed by atoms with Crippen LogP contribution in [0, 0.1) is 0 Å². The lowest BCUT2D eigenvalue weighted by molar-refractivity contribution is -0.124. The lowest BCUT2D eigenvalue weighted by Crippen LogP contribution is -2.39. The second kappa shape index (κ2) is 7.38. The van der Waals surface area contributed by atoms with Crippen molar-refractivity contribution in [2.45, 2.75) is 31.9 Å². The van der Waals surface area contributed by atoms with Crippen LogP contribution in [0.15, 0.2) is 24.3 Å². The molecule has 2 atom stereocenters. The van der Waals surface area contributed by atoms with E-state index in [0.29, 0.717) is 24.4 Å². The molecule has 1 aromatic carbocycles.